The van der Waals surface area contributed by atoms with E-state index in [1.54, 1.807) is 24.3 Å². The number of nitrogens with zero attached hydrogens (tertiary/aromatic N) is 4. The average Bonchev–Trinajstić information content (AvgIpc) is 3.23. The first-order valence-corrected chi connectivity index (χ1v) is 8.79. The van der Waals surface area contributed by atoms with Gasteiger partial charge in [0.15, 0.2) is 0 Å². The van der Waals surface area contributed by atoms with Crippen LogP contribution in [0.3, 0.4) is 0 Å². The number of benzene rings is 2. The van der Waals surface area contributed by atoms with E-state index in [0.717, 1.165) is 0 Å². The number of amides is 2. The van der Waals surface area contributed by atoms with Crippen molar-refractivity contribution in [1.82, 2.24) is 14.7 Å². The predicted molar refractivity (Wildman–Crippen MR) is 110 cm³/mol. The molecule has 0 saturated carbocycles. The van der Waals surface area contributed by atoms with E-state index >= 15 is 0 Å². The first-order valence-electron chi connectivity index (χ1n) is 8.79. The van der Waals surface area contributed by atoms with E-state index in [4.69, 9.17) is 6.42 Å². The van der Waals surface area contributed by atoms with Crippen LogP contribution in [0, 0.1) is 22.5 Å². The lowest BCUT2D eigenvalue weighted by molar-refractivity contribution is -0.384. The molecule has 0 bridgehead atoms. The van der Waals surface area contributed by atoms with E-state index < -0.39 is 10.8 Å². The van der Waals surface area contributed by atoms with Gasteiger partial charge in [0.2, 0.25) is 5.91 Å². The fraction of sp³-hybridized carbons (Fsp3) is 0.0952. The summed E-state index contributed by atoms with van der Waals surface area (Å²) in [7, 11) is 1.50. The van der Waals surface area contributed by atoms with Crippen LogP contribution in [0.1, 0.15) is 15.9 Å². The van der Waals surface area contributed by atoms with Crippen LogP contribution in [-0.4, -0.2) is 45.0 Å². The van der Waals surface area contributed by atoms with E-state index in [1.807, 2.05) is 0 Å². The Morgan fingerprint density at radius 2 is 2.00 bits per heavy atom. The van der Waals surface area contributed by atoms with Gasteiger partial charge in [-0.2, -0.15) is 5.10 Å². The SMILES string of the molecule is C#Cc1cccc(NC(=O)CN(C)C(=O)c2cnn(-c3ccc([N+](=O)[O-])cc3)c2)c1. The number of anilines is 1. The van der Waals surface area contributed by atoms with Gasteiger partial charge in [-0.25, -0.2) is 4.68 Å². The highest BCUT2D eigenvalue weighted by molar-refractivity contribution is 5.99. The van der Waals surface area contributed by atoms with Crippen LogP contribution in [0.2, 0.25) is 0 Å². The third-order valence-corrected chi connectivity index (χ3v) is 4.20. The minimum absolute atomic E-state index is 0.0410. The third-order valence-electron chi connectivity index (χ3n) is 4.20. The number of hydrogen-bond donors (Lipinski definition) is 1. The zero-order chi connectivity index (χ0) is 21.7. The van der Waals surface area contributed by atoms with Crippen LogP contribution in [0.15, 0.2) is 60.9 Å². The highest BCUT2D eigenvalue weighted by Crippen LogP contribution is 2.16. The van der Waals surface area contributed by atoms with E-state index in [9.17, 15) is 19.7 Å². The third kappa shape index (κ3) is 4.69. The number of terminal acetylenes is 1. The van der Waals surface area contributed by atoms with Crippen LogP contribution < -0.4 is 5.32 Å². The fourth-order valence-corrected chi connectivity index (χ4v) is 2.70. The summed E-state index contributed by atoms with van der Waals surface area (Å²) in [4.78, 5) is 36.3. The molecule has 3 aromatic rings. The molecule has 2 amide bonds. The van der Waals surface area contributed by atoms with Crippen molar-refractivity contribution in [3.05, 3.63) is 82.2 Å². The Morgan fingerprint density at radius 1 is 1.27 bits per heavy atom. The van der Waals surface area contributed by atoms with Gasteiger partial charge in [0.25, 0.3) is 11.6 Å². The summed E-state index contributed by atoms with van der Waals surface area (Å²) in [5, 5.41) is 17.5. The molecule has 0 radical (unpaired) electrons. The normalized spacial score (nSPS) is 10.1. The molecule has 0 spiro atoms. The molecule has 0 fully saturated rings. The predicted octanol–water partition coefficient (Wildman–Crippen LogP) is 2.47. The molecule has 2 aromatic carbocycles. The van der Waals surface area contributed by atoms with Crippen molar-refractivity contribution in [1.29, 1.82) is 0 Å². The molecule has 9 heteroatoms. The lowest BCUT2D eigenvalue weighted by atomic mass is 10.2. The number of likely N-dealkylation sites (N-methyl/N-ethyl adjacent to an activating group) is 1. The van der Waals surface area contributed by atoms with Gasteiger partial charge >= 0.3 is 0 Å². The molecule has 1 aromatic heterocycles. The van der Waals surface area contributed by atoms with E-state index in [-0.39, 0.29) is 23.7 Å². The number of carbonyl (C=O) groups excluding carboxylic acids is 2. The van der Waals surface area contributed by atoms with E-state index in [0.29, 0.717) is 16.9 Å². The molecule has 30 heavy (non-hydrogen) atoms. The molecule has 0 aliphatic carbocycles. The largest absolute Gasteiger partial charge is 0.332 e. The van der Waals surface area contributed by atoms with Crippen molar-refractivity contribution in [3.8, 4) is 18.0 Å². The van der Waals surface area contributed by atoms with Crippen molar-refractivity contribution >= 4 is 23.2 Å². The number of carbonyl (C=O) groups is 2. The lowest BCUT2D eigenvalue weighted by Crippen LogP contribution is -2.34. The number of nitro benzene ring substituents is 1. The summed E-state index contributed by atoms with van der Waals surface area (Å²) in [6, 6.07) is 12.6. The Labute approximate surface area is 172 Å². The van der Waals surface area contributed by atoms with Gasteiger partial charge in [-0.05, 0) is 30.3 Å². The van der Waals surface area contributed by atoms with Crippen LogP contribution in [0.5, 0.6) is 0 Å². The van der Waals surface area contributed by atoms with Gasteiger partial charge < -0.3 is 10.2 Å². The maximum atomic E-state index is 12.6. The Morgan fingerprint density at radius 3 is 2.67 bits per heavy atom. The van der Waals surface area contributed by atoms with Gasteiger partial charge in [0.05, 0.1) is 28.9 Å². The van der Waals surface area contributed by atoms with Crippen LogP contribution in [-0.2, 0) is 4.79 Å². The zero-order valence-corrected chi connectivity index (χ0v) is 16.0. The Hall–Kier alpha value is -4.45. The summed E-state index contributed by atoms with van der Waals surface area (Å²) in [6.45, 7) is -0.165. The topological polar surface area (TPSA) is 110 Å². The maximum Gasteiger partial charge on any atom is 0.269 e. The Kier molecular flexibility index (Phi) is 5.89. The quantitative estimate of drug-likeness (QED) is 0.386. The average molecular weight is 403 g/mol. The standard InChI is InChI=1S/C21H17N5O4/c1-3-15-5-4-6-17(11-15)23-20(27)14-24(2)21(28)16-12-22-25(13-16)18-7-9-19(10-8-18)26(29)30/h1,4-13H,14H2,2H3,(H,23,27). The minimum Gasteiger partial charge on any atom is -0.332 e. The summed E-state index contributed by atoms with van der Waals surface area (Å²) in [6.07, 6.45) is 8.21. The highest BCUT2D eigenvalue weighted by Gasteiger charge is 2.17. The number of hydrogen-bond acceptors (Lipinski definition) is 5. The molecule has 1 N–H and O–H groups in total. The molecular formula is C21H17N5O4. The first-order chi connectivity index (χ1) is 14.4. The second-order valence-corrected chi connectivity index (χ2v) is 6.38. The molecular weight excluding hydrogens is 386 g/mol. The van der Waals surface area contributed by atoms with Crippen molar-refractivity contribution in [2.45, 2.75) is 0 Å². The number of nitro groups is 1. The summed E-state index contributed by atoms with van der Waals surface area (Å²) < 4.78 is 1.43. The van der Waals surface area contributed by atoms with Crippen molar-refractivity contribution < 1.29 is 14.5 Å². The second kappa shape index (κ2) is 8.70. The second-order valence-electron chi connectivity index (χ2n) is 6.38. The molecule has 1 heterocycles. The first kappa shape index (κ1) is 20.3. The number of aromatic nitrogens is 2. The Balaban J connectivity index is 1.64. The molecule has 9 nitrogen and oxygen atoms in total. The van der Waals surface area contributed by atoms with Crippen molar-refractivity contribution in [3.63, 3.8) is 0 Å². The Bertz CT molecular complexity index is 1140. The van der Waals surface area contributed by atoms with Gasteiger partial charge in [0, 0.05) is 36.6 Å². The molecule has 0 unspecified atom stereocenters. The van der Waals surface area contributed by atoms with Crippen LogP contribution in [0.25, 0.3) is 5.69 Å². The van der Waals surface area contributed by atoms with Gasteiger partial charge in [-0.1, -0.05) is 12.0 Å². The summed E-state index contributed by atoms with van der Waals surface area (Å²) >= 11 is 0. The van der Waals surface area contributed by atoms with Crippen molar-refractivity contribution in [2.75, 3.05) is 18.9 Å². The van der Waals surface area contributed by atoms with E-state index in [2.05, 4.69) is 16.3 Å². The van der Waals surface area contributed by atoms with Gasteiger partial charge in [0.1, 0.15) is 0 Å². The van der Waals surface area contributed by atoms with Gasteiger partial charge in [-0.15, -0.1) is 6.42 Å². The smallest absolute Gasteiger partial charge is 0.269 e. The lowest BCUT2D eigenvalue weighted by Gasteiger charge is -2.16. The van der Waals surface area contributed by atoms with Crippen molar-refractivity contribution in [2.24, 2.45) is 0 Å². The van der Waals surface area contributed by atoms with Gasteiger partial charge in [-0.3, -0.25) is 19.7 Å². The zero-order valence-electron chi connectivity index (χ0n) is 16.0. The van der Waals surface area contributed by atoms with E-state index in [1.165, 1.54) is 53.3 Å². The molecule has 0 atom stereocenters. The summed E-state index contributed by atoms with van der Waals surface area (Å²) in [5.74, 6) is 1.72. The fourth-order valence-electron chi connectivity index (χ4n) is 2.70. The molecule has 0 aliphatic rings. The monoisotopic (exact) mass is 403 g/mol. The van der Waals surface area contributed by atoms with Crippen LogP contribution in [0.4, 0.5) is 11.4 Å². The molecule has 150 valence electrons. The number of non-ortho nitro benzene ring substituents is 1. The minimum atomic E-state index is -0.495. The number of rotatable bonds is 6. The maximum absolute atomic E-state index is 12.6. The van der Waals surface area contributed by atoms with Crippen LogP contribution >= 0.6 is 0 Å². The molecule has 3 rings (SSSR count). The number of nitrogens with one attached hydrogen (secondary N) is 1. The summed E-state index contributed by atoms with van der Waals surface area (Å²) in [5.41, 5.74) is 1.98. The molecule has 0 aliphatic heterocycles. The molecule has 0 saturated heterocycles. The highest BCUT2D eigenvalue weighted by atomic mass is 16.6.